The Kier molecular flexibility index (Phi) is 5.11. The third-order valence-electron chi connectivity index (χ3n) is 3.80. The molecule has 0 aliphatic carbocycles. The van der Waals surface area contributed by atoms with Crippen LogP contribution < -0.4 is 14.3 Å². The highest BCUT2D eigenvalue weighted by molar-refractivity contribution is 7.16. The second kappa shape index (κ2) is 7.29. The molecule has 2 aromatic carbocycles. The first-order chi connectivity index (χ1) is 12.0. The number of para-hydroxylation sites is 1. The van der Waals surface area contributed by atoms with Crippen molar-refractivity contribution in [3.8, 4) is 11.5 Å². The molecule has 0 bridgehead atoms. The lowest BCUT2D eigenvalue weighted by Gasteiger charge is -2.08. The van der Waals surface area contributed by atoms with E-state index in [2.05, 4.69) is 4.99 Å². The fourth-order valence-corrected chi connectivity index (χ4v) is 3.99. The highest BCUT2D eigenvalue weighted by Gasteiger charge is 2.10. The summed E-state index contributed by atoms with van der Waals surface area (Å²) in [5.74, 6) is 0.985. The molecule has 1 heterocycles. The molecule has 7 heteroatoms. The highest BCUT2D eigenvalue weighted by Crippen LogP contribution is 2.28. The van der Waals surface area contributed by atoms with Gasteiger partial charge in [0, 0.05) is 7.05 Å². The number of hydrogen-bond acceptors (Lipinski definition) is 4. The number of rotatable bonds is 4. The summed E-state index contributed by atoms with van der Waals surface area (Å²) in [7, 11) is 4.99. The fraction of sp³-hybridized carbons (Fsp3) is 0.222. The number of hydrogen-bond donors (Lipinski definition) is 0. The zero-order valence-corrected chi connectivity index (χ0v) is 15.6. The van der Waals surface area contributed by atoms with Crippen LogP contribution in [0.5, 0.6) is 11.5 Å². The lowest BCUT2D eigenvalue weighted by atomic mass is 10.1. The molecule has 0 atom stereocenters. The minimum absolute atomic E-state index is 0.183. The molecule has 0 aliphatic heterocycles. The van der Waals surface area contributed by atoms with Gasteiger partial charge in [-0.3, -0.25) is 4.79 Å². The minimum atomic E-state index is -0.231. The van der Waals surface area contributed by atoms with Crippen LogP contribution in [0.25, 0.3) is 10.2 Å². The van der Waals surface area contributed by atoms with Crippen molar-refractivity contribution in [2.24, 2.45) is 12.0 Å². The Morgan fingerprint density at radius 3 is 2.64 bits per heavy atom. The lowest BCUT2D eigenvalue weighted by Crippen LogP contribution is -2.14. The van der Waals surface area contributed by atoms with E-state index >= 15 is 0 Å². The second-order valence-electron chi connectivity index (χ2n) is 5.40. The lowest BCUT2D eigenvalue weighted by molar-refractivity contribution is -0.117. The molecule has 0 saturated heterocycles. The maximum Gasteiger partial charge on any atom is 0.252 e. The number of fused-ring (bicyclic) bond motifs is 1. The van der Waals surface area contributed by atoms with E-state index in [0.29, 0.717) is 21.3 Å². The van der Waals surface area contributed by atoms with Crippen LogP contribution in [0.15, 0.2) is 41.4 Å². The van der Waals surface area contributed by atoms with Gasteiger partial charge in [0.15, 0.2) is 16.3 Å². The van der Waals surface area contributed by atoms with Gasteiger partial charge >= 0.3 is 0 Å². The molecule has 0 radical (unpaired) electrons. The van der Waals surface area contributed by atoms with Crippen molar-refractivity contribution in [1.29, 1.82) is 0 Å². The quantitative estimate of drug-likeness (QED) is 0.699. The smallest absolute Gasteiger partial charge is 0.252 e. The molecule has 0 spiro atoms. The van der Waals surface area contributed by atoms with E-state index < -0.39 is 0 Å². The predicted molar refractivity (Wildman–Crippen MR) is 99.6 cm³/mol. The van der Waals surface area contributed by atoms with E-state index in [1.165, 1.54) is 11.3 Å². The van der Waals surface area contributed by atoms with Crippen LogP contribution in [0, 0.1) is 0 Å². The summed E-state index contributed by atoms with van der Waals surface area (Å²) in [6.45, 7) is 0. The molecule has 1 aromatic heterocycles. The average Bonchev–Trinajstić information content (AvgIpc) is 2.91. The molecule has 1 amide bonds. The number of methoxy groups -OCH3 is 2. The van der Waals surface area contributed by atoms with Gasteiger partial charge in [-0.05, 0) is 29.8 Å². The molecule has 0 saturated carbocycles. The van der Waals surface area contributed by atoms with Gasteiger partial charge in [0.2, 0.25) is 0 Å². The Balaban J connectivity index is 1.91. The van der Waals surface area contributed by atoms with Crippen molar-refractivity contribution in [3.05, 3.63) is 51.8 Å². The number of aryl methyl sites for hydroxylation is 1. The summed E-state index contributed by atoms with van der Waals surface area (Å²) in [4.78, 5) is 17.2. The third-order valence-corrected chi connectivity index (χ3v) is 5.20. The molecular weight excluding hydrogens is 360 g/mol. The first-order valence-corrected chi connectivity index (χ1v) is 8.75. The van der Waals surface area contributed by atoms with Crippen molar-refractivity contribution >= 4 is 39.1 Å². The minimum Gasteiger partial charge on any atom is -0.493 e. The molecule has 3 rings (SSSR count). The van der Waals surface area contributed by atoms with E-state index in [0.717, 1.165) is 15.8 Å². The summed E-state index contributed by atoms with van der Waals surface area (Å²) in [5, 5.41) is 0.644. The van der Waals surface area contributed by atoms with Crippen molar-refractivity contribution < 1.29 is 14.3 Å². The van der Waals surface area contributed by atoms with Gasteiger partial charge < -0.3 is 14.0 Å². The predicted octanol–water partition coefficient (Wildman–Crippen LogP) is 3.58. The summed E-state index contributed by atoms with van der Waals surface area (Å²) < 4.78 is 13.3. The van der Waals surface area contributed by atoms with Gasteiger partial charge in [0.1, 0.15) is 0 Å². The number of carbonyl (C=O) groups excluding carboxylic acids is 1. The molecule has 3 aromatic rings. The largest absolute Gasteiger partial charge is 0.493 e. The second-order valence-corrected chi connectivity index (χ2v) is 6.82. The molecule has 130 valence electrons. The molecule has 0 unspecified atom stereocenters. The summed E-state index contributed by atoms with van der Waals surface area (Å²) in [5.41, 5.74) is 1.69. The Hall–Kier alpha value is -2.31. The van der Waals surface area contributed by atoms with E-state index in [1.54, 1.807) is 26.4 Å². The van der Waals surface area contributed by atoms with Gasteiger partial charge in [0.05, 0.1) is 35.9 Å². The SMILES string of the molecule is COc1ccc(CC(=O)N=c2sc3cccc(Cl)c3n2C)cc1OC. The van der Waals surface area contributed by atoms with Crippen LogP contribution in [0.1, 0.15) is 5.56 Å². The number of ether oxygens (including phenoxy) is 2. The van der Waals surface area contributed by atoms with Crippen molar-refractivity contribution in [2.45, 2.75) is 6.42 Å². The monoisotopic (exact) mass is 376 g/mol. The van der Waals surface area contributed by atoms with E-state index in [9.17, 15) is 4.79 Å². The Labute approximate surface area is 154 Å². The number of amides is 1. The zero-order chi connectivity index (χ0) is 18.0. The third kappa shape index (κ3) is 3.55. The van der Waals surface area contributed by atoms with Crippen molar-refractivity contribution in [2.75, 3.05) is 14.2 Å². The number of benzene rings is 2. The molecule has 0 fully saturated rings. The van der Waals surface area contributed by atoms with E-state index in [1.807, 2.05) is 35.9 Å². The molecule has 0 N–H and O–H groups in total. The number of aromatic nitrogens is 1. The van der Waals surface area contributed by atoms with Crippen molar-refractivity contribution in [3.63, 3.8) is 0 Å². The summed E-state index contributed by atoms with van der Waals surface area (Å²) >= 11 is 7.67. The topological polar surface area (TPSA) is 52.8 Å². The fourth-order valence-electron chi connectivity index (χ4n) is 2.58. The van der Waals surface area contributed by atoms with Gasteiger partial charge in [-0.1, -0.05) is 35.1 Å². The van der Waals surface area contributed by atoms with Crippen LogP contribution in [0.2, 0.25) is 5.02 Å². The van der Waals surface area contributed by atoms with Gasteiger partial charge in [0.25, 0.3) is 5.91 Å². The summed E-state index contributed by atoms with van der Waals surface area (Å²) in [6.07, 6.45) is 0.183. The molecule has 5 nitrogen and oxygen atoms in total. The van der Waals surface area contributed by atoms with Gasteiger partial charge in [-0.25, -0.2) is 0 Å². The maximum atomic E-state index is 12.4. The van der Waals surface area contributed by atoms with Gasteiger partial charge in [-0.15, -0.1) is 0 Å². The zero-order valence-electron chi connectivity index (χ0n) is 14.1. The van der Waals surface area contributed by atoms with Gasteiger partial charge in [-0.2, -0.15) is 4.99 Å². The van der Waals surface area contributed by atoms with Crippen LogP contribution in [0.4, 0.5) is 0 Å². The van der Waals surface area contributed by atoms with Crippen LogP contribution in [0.3, 0.4) is 0 Å². The number of carbonyl (C=O) groups is 1. The number of halogens is 1. The Morgan fingerprint density at radius 1 is 1.20 bits per heavy atom. The standard InChI is InChI=1S/C18H17ClN2O3S/c1-21-17-12(19)5-4-6-15(17)25-18(21)20-16(22)10-11-7-8-13(23-2)14(9-11)24-3/h4-9H,10H2,1-3H3. The van der Waals surface area contributed by atoms with E-state index in [4.69, 9.17) is 21.1 Å². The number of thiazole rings is 1. The number of nitrogens with zero attached hydrogens (tertiary/aromatic N) is 2. The highest BCUT2D eigenvalue weighted by atomic mass is 35.5. The maximum absolute atomic E-state index is 12.4. The van der Waals surface area contributed by atoms with Crippen LogP contribution in [-0.2, 0) is 18.3 Å². The van der Waals surface area contributed by atoms with Crippen LogP contribution >= 0.6 is 22.9 Å². The summed E-state index contributed by atoms with van der Waals surface area (Å²) in [6, 6.07) is 11.1. The first kappa shape index (κ1) is 17.5. The Bertz CT molecular complexity index is 1010. The first-order valence-electron chi connectivity index (χ1n) is 7.56. The average molecular weight is 377 g/mol. The van der Waals surface area contributed by atoms with E-state index in [-0.39, 0.29) is 12.3 Å². The molecule has 25 heavy (non-hydrogen) atoms. The van der Waals surface area contributed by atoms with Crippen LogP contribution in [-0.4, -0.2) is 24.7 Å². The Morgan fingerprint density at radius 2 is 1.96 bits per heavy atom. The molecular formula is C18H17ClN2O3S. The van der Waals surface area contributed by atoms with Crippen molar-refractivity contribution in [1.82, 2.24) is 4.57 Å². The normalized spacial score (nSPS) is 11.8. The molecule has 0 aliphatic rings.